The SMILES string of the molecule is CCOC(=O)C1=Cc2cc(C#N)ccc2CC1. The number of hydrogen-bond donors (Lipinski definition) is 0. The van der Waals surface area contributed by atoms with Crippen LogP contribution in [0.25, 0.3) is 6.08 Å². The van der Waals surface area contributed by atoms with Crippen molar-refractivity contribution in [2.45, 2.75) is 19.8 Å². The van der Waals surface area contributed by atoms with Gasteiger partial charge in [0.05, 0.1) is 18.2 Å². The Bertz CT molecular complexity index is 524. The highest BCUT2D eigenvalue weighted by Gasteiger charge is 2.17. The van der Waals surface area contributed by atoms with Crippen molar-refractivity contribution in [2.75, 3.05) is 6.61 Å². The maximum absolute atomic E-state index is 11.6. The number of esters is 1. The maximum atomic E-state index is 11.6. The number of aryl methyl sites for hydroxylation is 1. The number of benzene rings is 1. The molecule has 0 amide bonds. The van der Waals surface area contributed by atoms with Crippen LogP contribution in [0.2, 0.25) is 0 Å². The van der Waals surface area contributed by atoms with Gasteiger partial charge in [0.2, 0.25) is 0 Å². The van der Waals surface area contributed by atoms with Gasteiger partial charge in [-0.25, -0.2) is 4.79 Å². The second-order valence-corrected chi connectivity index (χ2v) is 3.92. The summed E-state index contributed by atoms with van der Waals surface area (Å²) in [4.78, 5) is 11.6. The molecule has 0 radical (unpaired) electrons. The normalized spacial score (nSPS) is 13.3. The predicted molar refractivity (Wildman–Crippen MR) is 64.1 cm³/mol. The molecule has 1 aromatic carbocycles. The summed E-state index contributed by atoms with van der Waals surface area (Å²) < 4.78 is 4.98. The van der Waals surface area contributed by atoms with Crippen LogP contribution in [-0.2, 0) is 16.0 Å². The molecular formula is C14H13NO2. The van der Waals surface area contributed by atoms with Gasteiger partial charge in [0, 0.05) is 5.57 Å². The van der Waals surface area contributed by atoms with Crippen molar-refractivity contribution in [3.8, 4) is 6.07 Å². The van der Waals surface area contributed by atoms with Crippen LogP contribution >= 0.6 is 0 Å². The van der Waals surface area contributed by atoms with E-state index in [1.165, 1.54) is 5.56 Å². The average molecular weight is 227 g/mol. The summed E-state index contributed by atoms with van der Waals surface area (Å²) in [5.41, 5.74) is 3.44. The number of carbonyl (C=O) groups is 1. The minimum Gasteiger partial charge on any atom is -0.463 e. The lowest BCUT2D eigenvalue weighted by Crippen LogP contribution is -2.11. The summed E-state index contributed by atoms with van der Waals surface area (Å²) in [6, 6.07) is 7.67. The fourth-order valence-corrected chi connectivity index (χ4v) is 1.94. The maximum Gasteiger partial charge on any atom is 0.334 e. The molecule has 0 saturated heterocycles. The fraction of sp³-hybridized carbons (Fsp3) is 0.286. The Balaban J connectivity index is 2.33. The van der Waals surface area contributed by atoms with Crippen LogP contribution in [0, 0.1) is 11.3 Å². The first-order valence-electron chi connectivity index (χ1n) is 5.65. The van der Waals surface area contributed by atoms with Gasteiger partial charge < -0.3 is 4.74 Å². The average Bonchev–Trinajstić information content (AvgIpc) is 2.37. The molecule has 0 saturated carbocycles. The van der Waals surface area contributed by atoms with E-state index in [0.717, 1.165) is 12.0 Å². The number of fused-ring (bicyclic) bond motifs is 1. The van der Waals surface area contributed by atoms with E-state index in [-0.39, 0.29) is 5.97 Å². The lowest BCUT2D eigenvalue weighted by atomic mass is 9.91. The van der Waals surface area contributed by atoms with E-state index in [0.29, 0.717) is 24.2 Å². The third-order valence-electron chi connectivity index (χ3n) is 2.81. The lowest BCUT2D eigenvalue weighted by Gasteiger charge is -2.15. The van der Waals surface area contributed by atoms with Gasteiger partial charge in [0.1, 0.15) is 0 Å². The quantitative estimate of drug-likeness (QED) is 0.729. The summed E-state index contributed by atoms with van der Waals surface area (Å²) in [5.74, 6) is -0.250. The number of ether oxygens (including phenoxy) is 1. The molecule has 1 aliphatic rings. The third-order valence-corrected chi connectivity index (χ3v) is 2.81. The van der Waals surface area contributed by atoms with Crippen LogP contribution in [0.1, 0.15) is 30.0 Å². The van der Waals surface area contributed by atoms with E-state index >= 15 is 0 Å². The molecule has 0 bridgehead atoms. The molecule has 3 nitrogen and oxygen atoms in total. The highest BCUT2D eigenvalue weighted by atomic mass is 16.5. The molecule has 0 spiro atoms. The summed E-state index contributed by atoms with van der Waals surface area (Å²) >= 11 is 0. The van der Waals surface area contributed by atoms with Crippen LogP contribution in [0.15, 0.2) is 23.8 Å². The van der Waals surface area contributed by atoms with Crippen molar-refractivity contribution in [2.24, 2.45) is 0 Å². The van der Waals surface area contributed by atoms with Gasteiger partial charge in [-0.05, 0) is 49.1 Å². The second-order valence-electron chi connectivity index (χ2n) is 3.92. The molecule has 0 aromatic heterocycles. The molecule has 0 unspecified atom stereocenters. The molecule has 3 heteroatoms. The number of carbonyl (C=O) groups excluding carboxylic acids is 1. The summed E-state index contributed by atoms with van der Waals surface area (Å²) in [7, 11) is 0. The molecule has 0 aliphatic heterocycles. The molecule has 0 N–H and O–H groups in total. The minimum atomic E-state index is -0.250. The van der Waals surface area contributed by atoms with Gasteiger partial charge in [-0.3, -0.25) is 0 Å². The van der Waals surface area contributed by atoms with Crippen LogP contribution in [-0.4, -0.2) is 12.6 Å². The van der Waals surface area contributed by atoms with Crippen molar-refractivity contribution in [3.63, 3.8) is 0 Å². The minimum absolute atomic E-state index is 0.250. The predicted octanol–water partition coefficient (Wildman–Crippen LogP) is 2.45. The van der Waals surface area contributed by atoms with Crippen molar-refractivity contribution >= 4 is 12.0 Å². The Kier molecular flexibility index (Phi) is 3.24. The molecule has 1 aliphatic carbocycles. The number of nitrogens with zero attached hydrogens (tertiary/aromatic N) is 1. The van der Waals surface area contributed by atoms with Gasteiger partial charge in [-0.1, -0.05) is 6.07 Å². The second kappa shape index (κ2) is 4.84. The van der Waals surface area contributed by atoms with Crippen LogP contribution in [0.3, 0.4) is 0 Å². The largest absolute Gasteiger partial charge is 0.463 e. The zero-order chi connectivity index (χ0) is 12.3. The van der Waals surface area contributed by atoms with Crippen molar-refractivity contribution < 1.29 is 9.53 Å². The van der Waals surface area contributed by atoms with Crippen LogP contribution in [0.5, 0.6) is 0 Å². The zero-order valence-corrected chi connectivity index (χ0v) is 9.69. The zero-order valence-electron chi connectivity index (χ0n) is 9.69. The molecule has 0 atom stereocenters. The number of nitriles is 1. The monoisotopic (exact) mass is 227 g/mol. The fourth-order valence-electron chi connectivity index (χ4n) is 1.94. The molecule has 0 heterocycles. The van der Waals surface area contributed by atoms with Gasteiger partial charge in [0.25, 0.3) is 0 Å². The van der Waals surface area contributed by atoms with E-state index in [1.54, 1.807) is 6.92 Å². The number of hydrogen-bond acceptors (Lipinski definition) is 3. The smallest absolute Gasteiger partial charge is 0.334 e. The topological polar surface area (TPSA) is 50.1 Å². The highest BCUT2D eigenvalue weighted by Crippen LogP contribution is 2.25. The first kappa shape index (κ1) is 11.4. The van der Waals surface area contributed by atoms with Crippen molar-refractivity contribution in [1.29, 1.82) is 5.26 Å². The standard InChI is InChI=1S/C14H13NO2/c1-2-17-14(16)12-6-5-11-4-3-10(9-15)7-13(11)8-12/h3-4,7-8H,2,5-6H2,1H3. The van der Waals surface area contributed by atoms with E-state index < -0.39 is 0 Å². The molecule has 2 rings (SSSR count). The van der Waals surface area contributed by atoms with E-state index in [2.05, 4.69) is 6.07 Å². The van der Waals surface area contributed by atoms with Crippen LogP contribution < -0.4 is 0 Å². The van der Waals surface area contributed by atoms with Crippen LogP contribution in [0.4, 0.5) is 0 Å². The Hall–Kier alpha value is -2.08. The first-order valence-corrected chi connectivity index (χ1v) is 5.65. The Morgan fingerprint density at radius 3 is 3.00 bits per heavy atom. The van der Waals surface area contributed by atoms with Gasteiger partial charge in [0.15, 0.2) is 0 Å². The molecule has 0 fully saturated rings. The van der Waals surface area contributed by atoms with Gasteiger partial charge in [-0.15, -0.1) is 0 Å². The highest BCUT2D eigenvalue weighted by molar-refractivity contribution is 5.94. The Morgan fingerprint density at radius 2 is 2.29 bits per heavy atom. The van der Waals surface area contributed by atoms with Gasteiger partial charge >= 0.3 is 5.97 Å². The van der Waals surface area contributed by atoms with Crippen molar-refractivity contribution in [3.05, 3.63) is 40.5 Å². The summed E-state index contributed by atoms with van der Waals surface area (Å²) in [6.07, 6.45) is 3.36. The Morgan fingerprint density at radius 1 is 1.47 bits per heavy atom. The Labute approximate surface area is 100 Å². The van der Waals surface area contributed by atoms with E-state index in [9.17, 15) is 4.79 Å². The van der Waals surface area contributed by atoms with Gasteiger partial charge in [-0.2, -0.15) is 5.26 Å². The summed E-state index contributed by atoms with van der Waals surface area (Å²) in [5, 5.41) is 8.84. The van der Waals surface area contributed by atoms with E-state index in [1.807, 2.05) is 24.3 Å². The third kappa shape index (κ3) is 2.36. The first-order chi connectivity index (χ1) is 8.24. The summed E-state index contributed by atoms with van der Waals surface area (Å²) in [6.45, 7) is 2.18. The molecule has 86 valence electrons. The molecule has 1 aromatic rings. The number of rotatable bonds is 2. The molecular weight excluding hydrogens is 214 g/mol. The van der Waals surface area contributed by atoms with E-state index in [4.69, 9.17) is 10.00 Å². The lowest BCUT2D eigenvalue weighted by molar-refractivity contribution is -0.138. The van der Waals surface area contributed by atoms with Crippen molar-refractivity contribution in [1.82, 2.24) is 0 Å². The molecule has 17 heavy (non-hydrogen) atoms.